The maximum absolute atomic E-state index is 11.4. The highest BCUT2D eigenvalue weighted by Crippen LogP contribution is 2.75. The van der Waals surface area contributed by atoms with Gasteiger partial charge in [0.1, 0.15) is 11.7 Å². The van der Waals surface area contributed by atoms with Crippen LogP contribution in [0.3, 0.4) is 0 Å². The minimum Gasteiger partial charge on any atom is -0.459 e. The average molecular weight is 280 g/mol. The zero-order valence-electron chi connectivity index (χ0n) is 13.4. The SMILES string of the molecule is CC(=O)O[C@H]1C[C@H]2C[C@@H]3[C@H](C)CC[C@@]3(C2(C)C)[C@]1(C)O. The van der Waals surface area contributed by atoms with Crippen molar-refractivity contribution in [2.24, 2.45) is 28.6 Å². The van der Waals surface area contributed by atoms with Gasteiger partial charge in [0.05, 0.1) is 0 Å². The number of fused-ring (bicyclic) bond motifs is 1. The summed E-state index contributed by atoms with van der Waals surface area (Å²) in [5, 5.41) is 11.4. The molecule has 0 aromatic carbocycles. The fraction of sp³-hybridized carbons (Fsp3) is 0.941. The van der Waals surface area contributed by atoms with Crippen molar-refractivity contribution in [1.82, 2.24) is 0 Å². The Morgan fingerprint density at radius 3 is 2.50 bits per heavy atom. The summed E-state index contributed by atoms with van der Waals surface area (Å²) in [6, 6.07) is 0. The first kappa shape index (κ1) is 14.4. The zero-order chi connectivity index (χ0) is 14.9. The Balaban J connectivity index is 2.08. The van der Waals surface area contributed by atoms with Gasteiger partial charge in [-0.05, 0) is 55.8 Å². The third-order valence-corrected chi connectivity index (χ3v) is 7.36. The second-order valence-corrected chi connectivity index (χ2v) is 8.23. The molecule has 3 aliphatic carbocycles. The lowest BCUT2D eigenvalue weighted by Gasteiger charge is -2.59. The maximum atomic E-state index is 11.4. The highest BCUT2D eigenvalue weighted by Gasteiger charge is 2.75. The summed E-state index contributed by atoms with van der Waals surface area (Å²) in [7, 11) is 0. The van der Waals surface area contributed by atoms with E-state index in [1.807, 2.05) is 6.92 Å². The molecular formula is C17H28O3. The third-order valence-electron chi connectivity index (χ3n) is 7.36. The van der Waals surface area contributed by atoms with Crippen LogP contribution in [-0.2, 0) is 9.53 Å². The minimum absolute atomic E-state index is 0.0948. The lowest BCUT2D eigenvalue weighted by atomic mass is 9.49. The number of hydrogen-bond acceptors (Lipinski definition) is 3. The van der Waals surface area contributed by atoms with Gasteiger partial charge in [-0.1, -0.05) is 20.8 Å². The van der Waals surface area contributed by atoms with Crippen molar-refractivity contribution >= 4 is 5.97 Å². The molecule has 0 aromatic rings. The number of esters is 1. The highest BCUT2D eigenvalue weighted by molar-refractivity contribution is 5.66. The first-order valence-corrected chi connectivity index (χ1v) is 8.04. The van der Waals surface area contributed by atoms with Gasteiger partial charge in [0.25, 0.3) is 0 Å². The molecule has 3 aliphatic rings. The second kappa shape index (κ2) is 4.00. The Morgan fingerprint density at radius 2 is 1.90 bits per heavy atom. The standard InChI is InChI=1S/C17H28O3/c1-10-6-7-17-13(10)8-12(15(17,3)4)9-14(16(17,5)19)20-11(2)18/h10,12-14,19H,6-9H2,1-5H3/t10-,12-,13-,14+,16-,17-/m1/s1. The molecule has 0 amide bonds. The number of carbonyl (C=O) groups excluding carboxylic acids is 1. The number of carbonyl (C=O) groups is 1. The Labute approximate surface area is 122 Å². The first-order chi connectivity index (χ1) is 9.14. The van der Waals surface area contributed by atoms with E-state index in [2.05, 4.69) is 20.8 Å². The van der Waals surface area contributed by atoms with Gasteiger partial charge in [0.15, 0.2) is 0 Å². The van der Waals surface area contributed by atoms with E-state index in [1.165, 1.54) is 19.8 Å². The van der Waals surface area contributed by atoms with Crippen LogP contribution in [0.2, 0.25) is 0 Å². The molecule has 1 spiro atoms. The number of aliphatic hydroxyl groups is 1. The van der Waals surface area contributed by atoms with Crippen molar-refractivity contribution < 1.29 is 14.6 Å². The van der Waals surface area contributed by atoms with Crippen LogP contribution in [0, 0.1) is 28.6 Å². The van der Waals surface area contributed by atoms with E-state index in [-0.39, 0.29) is 22.9 Å². The largest absolute Gasteiger partial charge is 0.459 e. The van der Waals surface area contributed by atoms with Gasteiger partial charge in [-0.25, -0.2) is 0 Å². The van der Waals surface area contributed by atoms with Crippen molar-refractivity contribution in [2.45, 2.75) is 72.0 Å². The molecule has 0 saturated heterocycles. The number of hydrogen-bond donors (Lipinski definition) is 1. The predicted octanol–water partition coefficient (Wildman–Crippen LogP) is 3.15. The summed E-state index contributed by atoms with van der Waals surface area (Å²) < 4.78 is 5.53. The lowest BCUT2D eigenvalue weighted by Crippen LogP contribution is -2.64. The molecule has 3 nitrogen and oxygen atoms in total. The van der Waals surface area contributed by atoms with Gasteiger partial charge >= 0.3 is 5.97 Å². The third kappa shape index (κ3) is 1.43. The molecule has 6 atom stereocenters. The molecule has 3 saturated carbocycles. The Hall–Kier alpha value is -0.570. The Kier molecular flexibility index (Phi) is 2.87. The molecule has 0 heterocycles. The van der Waals surface area contributed by atoms with E-state index in [0.29, 0.717) is 17.8 Å². The molecule has 114 valence electrons. The van der Waals surface area contributed by atoms with Crippen LogP contribution in [0.1, 0.15) is 60.3 Å². The molecule has 3 fully saturated rings. The van der Waals surface area contributed by atoms with E-state index in [9.17, 15) is 9.90 Å². The second-order valence-electron chi connectivity index (χ2n) is 8.23. The van der Waals surface area contributed by atoms with Crippen LogP contribution in [0.25, 0.3) is 0 Å². The van der Waals surface area contributed by atoms with Gasteiger partial charge in [-0.2, -0.15) is 0 Å². The molecule has 3 heteroatoms. The van der Waals surface area contributed by atoms with Crippen LogP contribution in [-0.4, -0.2) is 22.8 Å². The van der Waals surface area contributed by atoms with Gasteiger partial charge in [-0.15, -0.1) is 0 Å². The number of ether oxygens (including phenoxy) is 1. The first-order valence-electron chi connectivity index (χ1n) is 8.04. The molecule has 20 heavy (non-hydrogen) atoms. The normalized spacial score (nSPS) is 52.7. The van der Waals surface area contributed by atoms with Crippen LogP contribution in [0.4, 0.5) is 0 Å². The monoisotopic (exact) mass is 280 g/mol. The van der Waals surface area contributed by atoms with Crippen molar-refractivity contribution in [1.29, 1.82) is 0 Å². The summed E-state index contributed by atoms with van der Waals surface area (Å²) in [6.07, 6.45) is 3.90. The van der Waals surface area contributed by atoms with Crippen molar-refractivity contribution in [3.8, 4) is 0 Å². The zero-order valence-corrected chi connectivity index (χ0v) is 13.4. The average Bonchev–Trinajstić information content (AvgIpc) is 2.71. The fourth-order valence-corrected chi connectivity index (χ4v) is 6.34. The van der Waals surface area contributed by atoms with Crippen LogP contribution >= 0.6 is 0 Å². The fourth-order valence-electron chi connectivity index (χ4n) is 6.34. The molecule has 0 radical (unpaired) electrons. The summed E-state index contributed by atoms with van der Waals surface area (Å²) >= 11 is 0. The molecule has 1 N–H and O–H groups in total. The van der Waals surface area contributed by atoms with Gasteiger partial charge in [0, 0.05) is 12.3 Å². The summed E-state index contributed by atoms with van der Waals surface area (Å²) in [4.78, 5) is 11.4. The van der Waals surface area contributed by atoms with Crippen LogP contribution < -0.4 is 0 Å². The van der Waals surface area contributed by atoms with E-state index in [1.54, 1.807) is 0 Å². The van der Waals surface area contributed by atoms with E-state index < -0.39 is 5.60 Å². The van der Waals surface area contributed by atoms with Crippen LogP contribution in [0.15, 0.2) is 0 Å². The lowest BCUT2D eigenvalue weighted by molar-refractivity contribution is -0.234. The quantitative estimate of drug-likeness (QED) is 0.751. The highest BCUT2D eigenvalue weighted by atomic mass is 16.6. The molecule has 0 aromatic heterocycles. The van der Waals surface area contributed by atoms with Crippen molar-refractivity contribution in [2.75, 3.05) is 0 Å². The van der Waals surface area contributed by atoms with Crippen molar-refractivity contribution in [3.05, 3.63) is 0 Å². The summed E-state index contributed by atoms with van der Waals surface area (Å²) in [6.45, 7) is 10.4. The van der Waals surface area contributed by atoms with Crippen molar-refractivity contribution in [3.63, 3.8) is 0 Å². The molecule has 0 aliphatic heterocycles. The van der Waals surface area contributed by atoms with E-state index in [4.69, 9.17) is 4.74 Å². The molecule has 2 bridgehead atoms. The smallest absolute Gasteiger partial charge is 0.303 e. The van der Waals surface area contributed by atoms with E-state index >= 15 is 0 Å². The summed E-state index contributed by atoms with van der Waals surface area (Å²) in [5.74, 6) is 1.52. The predicted molar refractivity (Wildman–Crippen MR) is 77.0 cm³/mol. The molecule has 0 unspecified atom stereocenters. The summed E-state index contributed by atoms with van der Waals surface area (Å²) in [5.41, 5.74) is -0.879. The van der Waals surface area contributed by atoms with Crippen LogP contribution in [0.5, 0.6) is 0 Å². The topological polar surface area (TPSA) is 46.5 Å². The molecule has 3 rings (SSSR count). The van der Waals surface area contributed by atoms with Gasteiger partial charge in [0.2, 0.25) is 0 Å². The van der Waals surface area contributed by atoms with E-state index in [0.717, 1.165) is 12.8 Å². The maximum Gasteiger partial charge on any atom is 0.303 e. The number of rotatable bonds is 1. The Morgan fingerprint density at radius 1 is 1.25 bits per heavy atom. The molecular weight excluding hydrogens is 252 g/mol. The minimum atomic E-state index is -0.912. The van der Waals surface area contributed by atoms with Gasteiger partial charge < -0.3 is 9.84 Å². The Bertz CT molecular complexity index is 440. The van der Waals surface area contributed by atoms with Gasteiger partial charge in [-0.3, -0.25) is 4.79 Å².